The molecule has 0 radical (unpaired) electrons. The predicted octanol–water partition coefficient (Wildman–Crippen LogP) is 2.17. The zero-order chi connectivity index (χ0) is 16.8. The van der Waals surface area contributed by atoms with E-state index < -0.39 is 27.6 Å². The van der Waals surface area contributed by atoms with E-state index >= 15 is 0 Å². The molecule has 0 amide bonds. The summed E-state index contributed by atoms with van der Waals surface area (Å²) in [4.78, 5) is -0.126. The summed E-state index contributed by atoms with van der Waals surface area (Å²) < 4.78 is 71.5. The summed E-state index contributed by atoms with van der Waals surface area (Å²) in [6.45, 7) is 0.451. The molecule has 0 saturated carbocycles. The number of sulfonamides is 1. The van der Waals surface area contributed by atoms with Gasteiger partial charge >= 0.3 is 6.18 Å². The lowest BCUT2D eigenvalue weighted by atomic mass is 10.2. The van der Waals surface area contributed by atoms with Gasteiger partial charge in [-0.05, 0) is 23.8 Å². The van der Waals surface area contributed by atoms with E-state index in [0.29, 0.717) is 24.3 Å². The smallest absolute Gasteiger partial charge is 0.437 e. The summed E-state index contributed by atoms with van der Waals surface area (Å²) in [5, 5.41) is 3.26. The van der Waals surface area contributed by atoms with Crippen molar-refractivity contribution in [2.75, 3.05) is 11.3 Å². The van der Waals surface area contributed by atoms with Gasteiger partial charge in [-0.2, -0.15) is 18.3 Å². The number of hydrogen-bond donors (Lipinski definition) is 1. The molecule has 1 aromatic carbocycles. The standard InChI is InChI=1S/C13H12F3N3O3S/c1-19-7-10(12(17-19)13(14,15)16)18-23(20,21)9-2-3-11-8(6-9)4-5-22-11/h2-3,6-7,18H,4-5H2,1H3. The molecule has 1 aliphatic rings. The fourth-order valence-corrected chi connectivity index (χ4v) is 3.41. The Bertz CT molecular complexity index is 859. The first kappa shape index (κ1) is 15.7. The average Bonchev–Trinajstić information content (AvgIpc) is 3.03. The Labute approximate surface area is 129 Å². The maximum atomic E-state index is 12.9. The Kier molecular flexibility index (Phi) is 3.51. The van der Waals surface area contributed by atoms with E-state index in [4.69, 9.17) is 4.74 Å². The van der Waals surface area contributed by atoms with Crippen molar-refractivity contribution in [1.82, 2.24) is 9.78 Å². The number of nitrogens with zero attached hydrogens (tertiary/aromatic N) is 2. The Morgan fingerprint density at radius 1 is 1.35 bits per heavy atom. The minimum Gasteiger partial charge on any atom is -0.493 e. The van der Waals surface area contributed by atoms with Crippen molar-refractivity contribution >= 4 is 15.7 Å². The first-order valence-corrected chi connectivity index (χ1v) is 8.04. The number of hydrogen-bond acceptors (Lipinski definition) is 4. The zero-order valence-electron chi connectivity index (χ0n) is 11.9. The molecular formula is C13H12F3N3O3S. The van der Waals surface area contributed by atoms with Gasteiger partial charge in [0.15, 0.2) is 5.69 Å². The monoisotopic (exact) mass is 347 g/mol. The molecular weight excluding hydrogens is 335 g/mol. The van der Waals surface area contributed by atoms with Crippen LogP contribution in [-0.2, 0) is 29.7 Å². The van der Waals surface area contributed by atoms with E-state index in [0.717, 1.165) is 10.9 Å². The van der Waals surface area contributed by atoms with E-state index in [9.17, 15) is 21.6 Å². The summed E-state index contributed by atoms with van der Waals surface area (Å²) in [5.74, 6) is 0.585. The topological polar surface area (TPSA) is 73.2 Å². The van der Waals surface area contributed by atoms with Crippen LogP contribution >= 0.6 is 0 Å². The van der Waals surface area contributed by atoms with Crippen LogP contribution in [0.2, 0.25) is 0 Å². The molecule has 1 aromatic heterocycles. The quantitative estimate of drug-likeness (QED) is 0.924. The van der Waals surface area contributed by atoms with Crippen LogP contribution in [0.15, 0.2) is 29.3 Å². The molecule has 0 aliphatic carbocycles. The van der Waals surface area contributed by atoms with E-state index in [1.54, 1.807) is 0 Å². The average molecular weight is 347 g/mol. The molecule has 0 saturated heterocycles. The van der Waals surface area contributed by atoms with Gasteiger partial charge in [0.05, 0.1) is 17.2 Å². The molecule has 2 heterocycles. The molecule has 6 nitrogen and oxygen atoms in total. The molecule has 23 heavy (non-hydrogen) atoms. The highest BCUT2D eigenvalue weighted by Crippen LogP contribution is 2.35. The van der Waals surface area contributed by atoms with Crippen molar-refractivity contribution in [2.24, 2.45) is 7.05 Å². The fourth-order valence-electron chi connectivity index (χ4n) is 2.31. The third-order valence-corrected chi connectivity index (χ3v) is 4.68. The van der Waals surface area contributed by atoms with E-state index in [-0.39, 0.29) is 4.90 Å². The lowest BCUT2D eigenvalue weighted by molar-refractivity contribution is -0.140. The number of alkyl halides is 3. The number of rotatable bonds is 3. The number of ether oxygens (including phenoxy) is 1. The molecule has 2 aromatic rings. The van der Waals surface area contributed by atoms with Crippen molar-refractivity contribution < 1.29 is 26.3 Å². The Balaban J connectivity index is 1.96. The number of anilines is 1. The highest BCUT2D eigenvalue weighted by molar-refractivity contribution is 7.92. The first-order chi connectivity index (χ1) is 10.7. The van der Waals surface area contributed by atoms with Crippen LogP contribution in [0, 0.1) is 0 Å². The number of fused-ring (bicyclic) bond motifs is 1. The van der Waals surface area contributed by atoms with Gasteiger partial charge < -0.3 is 4.74 Å². The lowest BCUT2D eigenvalue weighted by Gasteiger charge is -2.10. The molecule has 1 N–H and O–H groups in total. The third-order valence-electron chi connectivity index (χ3n) is 3.31. The van der Waals surface area contributed by atoms with E-state index in [1.807, 2.05) is 4.72 Å². The largest absolute Gasteiger partial charge is 0.493 e. The predicted molar refractivity (Wildman–Crippen MR) is 74.7 cm³/mol. The number of aromatic nitrogens is 2. The fraction of sp³-hybridized carbons (Fsp3) is 0.308. The minimum absolute atomic E-state index is 0.126. The highest BCUT2D eigenvalue weighted by Gasteiger charge is 2.38. The number of aryl methyl sites for hydroxylation is 1. The van der Waals surface area contributed by atoms with Crippen molar-refractivity contribution in [2.45, 2.75) is 17.5 Å². The number of halogens is 3. The molecule has 0 fully saturated rings. The number of nitrogens with one attached hydrogen (secondary N) is 1. The van der Waals surface area contributed by atoms with Gasteiger partial charge in [-0.25, -0.2) is 8.42 Å². The Morgan fingerprint density at radius 3 is 2.78 bits per heavy atom. The van der Waals surface area contributed by atoms with Crippen LogP contribution in [0.25, 0.3) is 0 Å². The van der Waals surface area contributed by atoms with Crippen LogP contribution in [0.5, 0.6) is 5.75 Å². The Hall–Kier alpha value is -2.23. The van der Waals surface area contributed by atoms with Crippen LogP contribution in [0.4, 0.5) is 18.9 Å². The van der Waals surface area contributed by atoms with Crippen molar-refractivity contribution in [1.29, 1.82) is 0 Å². The Morgan fingerprint density at radius 2 is 2.09 bits per heavy atom. The molecule has 124 valence electrons. The second-order valence-corrected chi connectivity index (χ2v) is 6.72. The van der Waals surface area contributed by atoms with E-state index in [2.05, 4.69) is 5.10 Å². The molecule has 0 spiro atoms. The van der Waals surface area contributed by atoms with Crippen molar-refractivity contribution in [3.8, 4) is 5.75 Å². The molecule has 0 atom stereocenters. The minimum atomic E-state index is -4.76. The van der Waals surface area contributed by atoms with Gasteiger partial charge in [0.2, 0.25) is 0 Å². The van der Waals surface area contributed by atoms with Crippen molar-refractivity contribution in [3.63, 3.8) is 0 Å². The van der Waals surface area contributed by atoms with Crippen LogP contribution < -0.4 is 9.46 Å². The summed E-state index contributed by atoms with van der Waals surface area (Å²) in [6, 6.07) is 4.18. The molecule has 10 heteroatoms. The summed E-state index contributed by atoms with van der Waals surface area (Å²) >= 11 is 0. The number of benzene rings is 1. The van der Waals surface area contributed by atoms with Gasteiger partial charge in [0.25, 0.3) is 10.0 Å². The van der Waals surface area contributed by atoms with Crippen LogP contribution in [0.3, 0.4) is 0 Å². The van der Waals surface area contributed by atoms with Gasteiger partial charge in [0.1, 0.15) is 5.75 Å². The van der Waals surface area contributed by atoms with Crippen molar-refractivity contribution in [3.05, 3.63) is 35.7 Å². The van der Waals surface area contributed by atoms with Gasteiger partial charge in [-0.3, -0.25) is 9.40 Å². The van der Waals surface area contributed by atoms with E-state index in [1.165, 1.54) is 25.2 Å². The summed E-state index contributed by atoms with van der Waals surface area (Å²) in [5.41, 5.74) is -1.19. The molecule has 1 aliphatic heterocycles. The van der Waals surface area contributed by atoms with Gasteiger partial charge in [-0.1, -0.05) is 0 Å². The molecule has 0 unspecified atom stereocenters. The maximum Gasteiger partial charge on any atom is 0.437 e. The molecule has 3 rings (SSSR count). The second kappa shape index (κ2) is 5.15. The van der Waals surface area contributed by atoms with Crippen LogP contribution in [0.1, 0.15) is 11.3 Å². The van der Waals surface area contributed by atoms with Gasteiger partial charge in [-0.15, -0.1) is 0 Å². The SMILES string of the molecule is Cn1cc(NS(=O)(=O)c2ccc3c(c2)CCO3)c(C(F)(F)F)n1. The van der Waals surface area contributed by atoms with Crippen LogP contribution in [-0.4, -0.2) is 24.8 Å². The zero-order valence-corrected chi connectivity index (χ0v) is 12.7. The third kappa shape index (κ3) is 2.98. The normalized spacial score (nSPS) is 14.4. The first-order valence-electron chi connectivity index (χ1n) is 6.56. The summed E-state index contributed by atoms with van der Waals surface area (Å²) in [6.07, 6.45) is -3.23. The maximum absolute atomic E-state index is 12.9. The van der Waals surface area contributed by atoms with Gasteiger partial charge in [0, 0.05) is 19.7 Å². The second-order valence-electron chi connectivity index (χ2n) is 5.04. The summed E-state index contributed by atoms with van der Waals surface area (Å²) in [7, 11) is -2.89. The highest BCUT2D eigenvalue weighted by atomic mass is 32.2. The molecule has 0 bridgehead atoms. The lowest BCUT2D eigenvalue weighted by Crippen LogP contribution is -2.16.